The van der Waals surface area contributed by atoms with Gasteiger partial charge in [0, 0.05) is 20.3 Å². The number of rotatable bonds is 3. The van der Waals surface area contributed by atoms with E-state index in [1.165, 1.54) is 33.2 Å². The van der Waals surface area contributed by atoms with Crippen molar-refractivity contribution >= 4 is 39.9 Å². The summed E-state index contributed by atoms with van der Waals surface area (Å²) in [6.07, 6.45) is 2.42. The number of hydrogen-bond acceptors (Lipinski definition) is 1. The molecule has 1 aliphatic carbocycles. The van der Waals surface area contributed by atoms with Gasteiger partial charge in [-0.2, -0.15) is 0 Å². The van der Waals surface area contributed by atoms with E-state index in [4.69, 9.17) is 11.6 Å². The lowest BCUT2D eigenvalue weighted by molar-refractivity contribution is 0.373. The van der Waals surface area contributed by atoms with Crippen LogP contribution in [0.1, 0.15) is 29.9 Å². The van der Waals surface area contributed by atoms with Gasteiger partial charge in [-0.25, -0.2) is 0 Å². The summed E-state index contributed by atoms with van der Waals surface area (Å²) in [5.74, 6) is 0.707. The zero-order valence-corrected chi connectivity index (χ0v) is 14.3. The molecule has 0 heterocycles. The van der Waals surface area contributed by atoms with Crippen LogP contribution >= 0.6 is 34.2 Å². The molecule has 0 atom stereocenters. The second-order valence-corrected chi connectivity index (χ2v) is 7.09. The lowest BCUT2D eigenvalue weighted by Gasteiger charge is -2.37. The SMILES string of the molecule is Cc1ccccc1C1CC(Nc2ccc(Cl)cc2I)C1. The Morgan fingerprint density at radius 2 is 1.90 bits per heavy atom. The molecule has 2 aromatic rings. The highest BCUT2D eigenvalue weighted by molar-refractivity contribution is 14.1. The number of benzene rings is 2. The highest BCUT2D eigenvalue weighted by Gasteiger charge is 2.31. The van der Waals surface area contributed by atoms with Crippen LogP contribution in [0.3, 0.4) is 0 Å². The van der Waals surface area contributed by atoms with Gasteiger partial charge in [0.2, 0.25) is 0 Å². The minimum atomic E-state index is 0.578. The molecule has 1 nitrogen and oxygen atoms in total. The van der Waals surface area contributed by atoms with Crippen LogP contribution in [-0.2, 0) is 0 Å². The molecule has 1 N–H and O–H groups in total. The van der Waals surface area contributed by atoms with E-state index in [-0.39, 0.29) is 0 Å². The molecule has 0 unspecified atom stereocenters. The van der Waals surface area contributed by atoms with E-state index in [1.807, 2.05) is 12.1 Å². The molecule has 0 bridgehead atoms. The van der Waals surface area contributed by atoms with Gasteiger partial charge in [0.25, 0.3) is 0 Å². The fourth-order valence-electron chi connectivity index (χ4n) is 2.86. The molecule has 20 heavy (non-hydrogen) atoms. The molecule has 1 fully saturated rings. The van der Waals surface area contributed by atoms with Gasteiger partial charge in [-0.3, -0.25) is 0 Å². The third-order valence-corrected chi connectivity index (χ3v) is 5.18. The fourth-order valence-corrected chi connectivity index (χ4v) is 3.89. The molecular weight excluding hydrogens is 381 g/mol. The Hall–Kier alpha value is -0.740. The summed E-state index contributed by atoms with van der Waals surface area (Å²) in [6, 6.07) is 15.3. The number of halogens is 2. The van der Waals surface area contributed by atoms with Crippen molar-refractivity contribution in [1.29, 1.82) is 0 Å². The highest BCUT2D eigenvalue weighted by Crippen LogP contribution is 2.40. The number of anilines is 1. The monoisotopic (exact) mass is 397 g/mol. The van der Waals surface area contributed by atoms with Gasteiger partial charge < -0.3 is 5.32 Å². The minimum absolute atomic E-state index is 0.578. The Balaban J connectivity index is 1.62. The quantitative estimate of drug-likeness (QED) is 0.664. The van der Waals surface area contributed by atoms with Crippen molar-refractivity contribution < 1.29 is 0 Å². The van der Waals surface area contributed by atoms with Crippen molar-refractivity contribution in [2.75, 3.05) is 5.32 Å². The molecule has 0 aliphatic heterocycles. The lowest BCUT2D eigenvalue weighted by atomic mass is 9.74. The lowest BCUT2D eigenvalue weighted by Crippen LogP contribution is -2.34. The summed E-state index contributed by atoms with van der Waals surface area (Å²) in [6.45, 7) is 2.21. The minimum Gasteiger partial charge on any atom is -0.381 e. The molecule has 0 radical (unpaired) electrons. The topological polar surface area (TPSA) is 12.0 Å². The molecule has 3 heteroatoms. The standard InChI is InChI=1S/C17H17ClIN/c1-11-4-2-3-5-15(11)12-8-14(9-12)20-17-7-6-13(18)10-16(17)19/h2-7,10,12,14,20H,8-9H2,1H3. The van der Waals surface area contributed by atoms with Gasteiger partial charge in [-0.1, -0.05) is 35.9 Å². The van der Waals surface area contributed by atoms with Crippen LogP contribution in [0.4, 0.5) is 5.69 Å². The van der Waals surface area contributed by atoms with Gasteiger partial charge in [0.1, 0.15) is 0 Å². The summed E-state index contributed by atoms with van der Waals surface area (Å²) in [5, 5.41) is 4.42. The Bertz CT molecular complexity index is 620. The molecule has 0 saturated heterocycles. The van der Waals surface area contributed by atoms with Crippen LogP contribution in [0.2, 0.25) is 5.02 Å². The largest absolute Gasteiger partial charge is 0.381 e. The maximum Gasteiger partial charge on any atom is 0.0479 e. The van der Waals surface area contributed by atoms with E-state index < -0.39 is 0 Å². The second kappa shape index (κ2) is 5.94. The predicted octanol–water partition coefficient (Wildman–Crippen LogP) is 5.61. The molecule has 104 valence electrons. The zero-order valence-electron chi connectivity index (χ0n) is 11.4. The first-order chi connectivity index (χ1) is 9.63. The van der Waals surface area contributed by atoms with Gasteiger partial charge in [0.15, 0.2) is 0 Å². The molecule has 0 spiro atoms. The zero-order chi connectivity index (χ0) is 14.1. The van der Waals surface area contributed by atoms with E-state index in [2.05, 4.69) is 65.2 Å². The average Bonchev–Trinajstić information content (AvgIpc) is 2.37. The van der Waals surface area contributed by atoms with Crippen molar-refractivity contribution in [1.82, 2.24) is 0 Å². The van der Waals surface area contributed by atoms with Gasteiger partial charge in [-0.15, -0.1) is 0 Å². The van der Waals surface area contributed by atoms with Crippen molar-refractivity contribution in [3.8, 4) is 0 Å². The summed E-state index contributed by atoms with van der Waals surface area (Å²) in [5.41, 5.74) is 4.12. The fraction of sp³-hybridized carbons (Fsp3) is 0.294. The Morgan fingerprint density at radius 1 is 1.15 bits per heavy atom. The molecular formula is C17H17ClIN. The Labute approximate surface area is 138 Å². The van der Waals surface area contributed by atoms with Crippen LogP contribution in [0.15, 0.2) is 42.5 Å². The Kier molecular flexibility index (Phi) is 4.22. The maximum atomic E-state index is 5.99. The van der Waals surface area contributed by atoms with Crippen molar-refractivity contribution in [3.05, 3.63) is 62.2 Å². The van der Waals surface area contributed by atoms with Crippen LogP contribution in [0.25, 0.3) is 0 Å². The predicted molar refractivity (Wildman–Crippen MR) is 94.7 cm³/mol. The summed E-state index contributed by atoms with van der Waals surface area (Å²) >= 11 is 8.32. The third-order valence-electron chi connectivity index (χ3n) is 4.06. The van der Waals surface area contributed by atoms with Crippen LogP contribution in [0.5, 0.6) is 0 Å². The summed E-state index contributed by atoms with van der Waals surface area (Å²) in [7, 11) is 0. The second-order valence-electron chi connectivity index (χ2n) is 5.49. The van der Waals surface area contributed by atoms with Crippen LogP contribution < -0.4 is 5.32 Å². The molecule has 1 aliphatic rings. The summed E-state index contributed by atoms with van der Waals surface area (Å²) < 4.78 is 1.19. The first-order valence-corrected chi connectivity index (χ1v) is 8.36. The molecule has 1 saturated carbocycles. The summed E-state index contributed by atoms with van der Waals surface area (Å²) in [4.78, 5) is 0. The van der Waals surface area contributed by atoms with Gasteiger partial charge >= 0.3 is 0 Å². The maximum absolute atomic E-state index is 5.99. The number of aryl methyl sites for hydroxylation is 1. The smallest absolute Gasteiger partial charge is 0.0479 e. The first-order valence-electron chi connectivity index (χ1n) is 6.90. The first kappa shape index (κ1) is 14.2. The molecule has 0 aromatic heterocycles. The van der Waals surface area contributed by atoms with E-state index in [9.17, 15) is 0 Å². The van der Waals surface area contributed by atoms with Crippen molar-refractivity contribution in [3.63, 3.8) is 0 Å². The average molecular weight is 398 g/mol. The molecule has 0 amide bonds. The molecule has 2 aromatic carbocycles. The number of nitrogens with one attached hydrogen (secondary N) is 1. The van der Waals surface area contributed by atoms with Crippen LogP contribution in [-0.4, -0.2) is 6.04 Å². The number of hydrogen-bond donors (Lipinski definition) is 1. The highest BCUT2D eigenvalue weighted by atomic mass is 127. The van der Waals surface area contributed by atoms with Gasteiger partial charge in [-0.05, 0) is 77.6 Å². The van der Waals surface area contributed by atoms with E-state index in [0.717, 1.165) is 5.02 Å². The van der Waals surface area contributed by atoms with E-state index in [1.54, 1.807) is 0 Å². The van der Waals surface area contributed by atoms with E-state index in [0.29, 0.717) is 12.0 Å². The van der Waals surface area contributed by atoms with E-state index >= 15 is 0 Å². The molecule has 3 rings (SSSR count). The van der Waals surface area contributed by atoms with Crippen LogP contribution in [0, 0.1) is 10.5 Å². The van der Waals surface area contributed by atoms with Crippen molar-refractivity contribution in [2.45, 2.75) is 31.7 Å². The normalized spacial score (nSPS) is 21.4. The third kappa shape index (κ3) is 2.96. The van der Waals surface area contributed by atoms with Gasteiger partial charge in [0.05, 0.1) is 0 Å². The van der Waals surface area contributed by atoms with Crippen molar-refractivity contribution in [2.24, 2.45) is 0 Å². The Morgan fingerprint density at radius 3 is 2.60 bits per heavy atom.